The van der Waals surface area contributed by atoms with Crippen LogP contribution in [0.5, 0.6) is 0 Å². The van der Waals surface area contributed by atoms with Gasteiger partial charge in [0.25, 0.3) is 17.2 Å². The van der Waals surface area contributed by atoms with Crippen molar-refractivity contribution in [3.63, 3.8) is 0 Å². The number of rotatable bonds is 5. The van der Waals surface area contributed by atoms with Gasteiger partial charge in [-0.15, -0.1) is 0 Å². The molecule has 3 aromatic rings. The number of halogens is 1. The Labute approximate surface area is 159 Å². The zero-order chi connectivity index (χ0) is 19.4. The van der Waals surface area contributed by atoms with Crippen molar-refractivity contribution >= 4 is 28.9 Å². The summed E-state index contributed by atoms with van der Waals surface area (Å²) in [6.45, 7) is 0.261. The quantitative estimate of drug-likeness (QED) is 0.536. The van der Waals surface area contributed by atoms with Gasteiger partial charge in [-0.25, -0.2) is 0 Å². The molecule has 0 spiro atoms. The largest absolute Gasteiger partial charge is 0.322 e. The molecule has 27 heavy (non-hydrogen) atoms. The third kappa shape index (κ3) is 4.39. The first-order valence-electron chi connectivity index (χ1n) is 7.94. The standard InChI is InChI=1S/C19H14ClN3O4/c20-14-5-1-4-13(10-14)12-22-9-3-8-17(19(22)25)18(24)21-15-6-2-7-16(11-15)23(26)27/h1-11H,12H2,(H,21,24). The highest BCUT2D eigenvalue weighted by atomic mass is 35.5. The number of hydrogen-bond donors (Lipinski definition) is 1. The number of anilines is 1. The van der Waals surface area contributed by atoms with Gasteiger partial charge >= 0.3 is 0 Å². The number of carbonyl (C=O) groups excluding carboxylic acids is 1. The molecule has 0 radical (unpaired) electrons. The molecule has 0 saturated heterocycles. The van der Waals surface area contributed by atoms with Gasteiger partial charge in [0.05, 0.1) is 11.5 Å². The third-order valence-electron chi connectivity index (χ3n) is 3.82. The fourth-order valence-electron chi connectivity index (χ4n) is 2.56. The van der Waals surface area contributed by atoms with Crippen LogP contribution in [0, 0.1) is 10.1 Å². The topological polar surface area (TPSA) is 94.2 Å². The minimum absolute atomic E-state index is 0.0639. The van der Waals surface area contributed by atoms with E-state index in [1.807, 2.05) is 6.07 Å². The lowest BCUT2D eigenvalue weighted by molar-refractivity contribution is -0.384. The number of amides is 1. The van der Waals surface area contributed by atoms with Crippen LogP contribution in [0.1, 0.15) is 15.9 Å². The zero-order valence-electron chi connectivity index (χ0n) is 14.0. The van der Waals surface area contributed by atoms with Crippen molar-refractivity contribution in [3.05, 3.63) is 103 Å². The molecule has 3 rings (SSSR count). The minimum Gasteiger partial charge on any atom is -0.322 e. The van der Waals surface area contributed by atoms with E-state index in [0.29, 0.717) is 5.02 Å². The minimum atomic E-state index is -0.638. The van der Waals surface area contributed by atoms with Crippen LogP contribution in [0.25, 0.3) is 0 Å². The van der Waals surface area contributed by atoms with E-state index in [2.05, 4.69) is 5.32 Å². The van der Waals surface area contributed by atoms with Crippen LogP contribution in [0.4, 0.5) is 11.4 Å². The number of nitro groups is 1. The van der Waals surface area contributed by atoms with Crippen LogP contribution in [-0.2, 0) is 6.54 Å². The van der Waals surface area contributed by atoms with Crippen LogP contribution in [-0.4, -0.2) is 15.4 Å². The lowest BCUT2D eigenvalue weighted by atomic mass is 10.2. The molecule has 1 aromatic heterocycles. The van der Waals surface area contributed by atoms with Gasteiger partial charge < -0.3 is 9.88 Å². The number of pyridine rings is 1. The molecule has 1 N–H and O–H groups in total. The molecular formula is C19H14ClN3O4. The fourth-order valence-corrected chi connectivity index (χ4v) is 2.77. The summed E-state index contributed by atoms with van der Waals surface area (Å²) in [6.07, 6.45) is 1.58. The van der Waals surface area contributed by atoms with Gasteiger partial charge in [-0.2, -0.15) is 0 Å². The zero-order valence-corrected chi connectivity index (χ0v) is 14.7. The number of non-ortho nitro benzene ring substituents is 1. The molecule has 0 aliphatic rings. The van der Waals surface area contributed by atoms with Gasteiger partial charge in [-0.1, -0.05) is 29.8 Å². The van der Waals surface area contributed by atoms with Gasteiger partial charge in [0.1, 0.15) is 5.56 Å². The van der Waals surface area contributed by atoms with E-state index >= 15 is 0 Å². The molecule has 1 amide bonds. The van der Waals surface area contributed by atoms with E-state index in [-0.39, 0.29) is 23.5 Å². The second-order valence-electron chi connectivity index (χ2n) is 5.75. The predicted octanol–water partition coefficient (Wildman–Crippen LogP) is 3.71. The first-order valence-corrected chi connectivity index (χ1v) is 8.31. The lowest BCUT2D eigenvalue weighted by Gasteiger charge is -2.09. The van der Waals surface area contributed by atoms with E-state index in [9.17, 15) is 19.7 Å². The summed E-state index contributed by atoms with van der Waals surface area (Å²) in [6, 6.07) is 15.6. The maximum atomic E-state index is 12.6. The van der Waals surface area contributed by atoms with E-state index < -0.39 is 16.4 Å². The molecule has 136 valence electrons. The van der Waals surface area contributed by atoms with Crippen LogP contribution >= 0.6 is 11.6 Å². The molecule has 0 aliphatic carbocycles. The molecule has 0 saturated carbocycles. The Kier molecular flexibility index (Phi) is 5.33. The highest BCUT2D eigenvalue weighted by Gasteiger charge is 2.14. The van der Waals surface area contributed by atoms with Crippen LogP contribution in [0.2, 0.25) is 5.02 Å². The Morgan fingerprint density at radius 2 is 1.89 bits per heavy atom. The summed E-state index contributed by atoms with van der Waals surface area (Å²) in [5.41, 5.74) is 0.366. The second-order valence-corrected chi connectivity index (χ2v) is 6.18. The van der Waals surface area contributed by atoms with Crippen molar-refractivity contribution < 1.29 is 9.72 Å². The van der Waals surface area contributed by atoms with Crippen molar-refractivity contribution in [1.29, 1.82) is 0 Å². The predicted molar refractivity (Wildman–Crippen MR) is 102 cm³/mol. The normalized spacial score (nSPS) is 10.4. The molecular weight excluding hydrogens is 370 g/mol. The smallest absolute Gasteiger partial charge is 0.271 e. The molecule has 1 heterocycles. The maximum absolute atomic E-state index is 12.6. The molecule has 0 aliphatic heterocycles. The first-order chi connectivity index (χ1) is 12.9. The SMILES string of the molecule is O=C(Nc1cccc([N+](=O)[O-])c1)c1cccn(Cc2cccc(Cl)c2)c1=O. The molecule has 2 aromatic carbocycles. The van der Waals surface area contributed by atoms with Crippen molar-refractivity contribution in [1.82, 2.24) is 4.57 Å². The molecule has 0 bridgehead atoms. The average molecular weight is 384 g/mol. The highest BCUT2D eigenvalue weighted by Crippen LogP contribution is 2.17. The van der Waals surface area contributed by atoms with Gasteiger partial charge in [0, 0.05) is 29.0 Å². The number of aromatic nitrogens is 1. The summed E-state index contributed by atoms with van der Waals surface area (Å²) in [4.78, 5) is 35.4. The number of hydrogen-bond acceptors (Lipinski definition) is 4. The molecule has 0 atom stereocenters. The Hall–Kier alpha value is -3.45. The summed E-state index contributed by atoms with van der Waals surface area (Å²) in [7, 11) is 0. The van der Waals surface area contributed by atoms with Crippen LogP contribution in [0.15, 0.2) is 71.7 Å². The monoisotopic (exact) mass is 383 g/mol. The van der Waals surface area contributed by atoms with Gasteiger partial charge in [0.2, 0.25) is 0 Å². The van der Waals surface area contributed by atoms with Crippen LogP contribution in [0.3, 0.4) is 0 Å². The van der Waals surface area contributed by atoms with Crippen molar-refractivity contribution in [2.24, 2.45) is 0 Å². The molecule has 8 heteroatoms. The number of nitrogens with zero attached hydrogens (tertiary/aromatic N) is 2. The molecule has 0 unspecified atom stereocenters. The number of benzene rings is 2. The Morgan fingerprint density at radius 1 is 1.11 bits per heavy atom. The summed E-state index contributed by atoms with van der Waals surface area (Å²) in [5.74, 6) is -0.638. The van der Waals surface area contributed by atoms with E-state index in [4.69, 9.17) is 11.6 Å². The summed E-state index contributed by atoms with van der Waals surface area (Å²) < 4.78 is 1.40. The van der Waals surface area contributed by atoms with E-state index in [1.54, 1.807) is 30.5 Å². The van der Waals surface area contributed by atoms with E-state index in [1.165, 1.54) is 34.9 Å². The first kappa shape index (κ1) is 18.3. The summed E-state index contributed by atoms with van der Waals surface area (Å²) >= 11 is 5.96. The maximum Gasteiger partial charge on any atom is 0.271 e. The van der Waals surface area contributed by atoms with Crippen LogP contribution < -0.4 is 10.9 Å². The van der Waals surface area contributed by atoms with Gasteiger partial charge in [0.15, 0.2) is 0 Å². The van der Waals surface area contributed by atoms with Gasteiger partial charge in [-0.3, -0.25) is 19.7 Å². The Balaban J connectivity index is 1.84. The average Bonchev–Trinajstić information content (AvgIpc) is 2.63. The van der Waals surface area contributed by atoms with E-state index in [0.717, 1.165) is 5.56 Å². The molecule has 0 fully saturated rings. The number of nitro benzene ring substituents is 1. The Bertz CT molecular complexity index is 1080. The van der Waals surface area contributed by atoms with Crippen molar-refractivity contribution in [2.75, 3.05) is 5.32 Å². The lowest BCUT2D eigenvalue weighted by Crippen LogP contribution is -2.29. The third-order valence-corrected chi connectivity index (χ3v) is 4.06. The Morgan fingerprint density at radius 3 is 2.63 bits per heavy atom. The number of carbonyl (C=O) groups is 1. The number of nitrogens with one attached hydrogen (secondary N) is 1. The second kappa shape index (κ2) is 7.84. The molecule has 7 nitrogen and oxygen atoms in total. The van der Waals surface area contributed by atoms with Gasteiger partial charge in [-0.05, 0) is 35.9 Å². The van der Waals surface area contributed by atoms with Crippen molar-refractivity contribution in [2.45, 2.75) is 6.54 Å². The highest BCUT2D eigenvalue weighted by molar-refractivity contribution is 6.30. The summed E-state index contributed by atoms with van der Waals surface area (Å²) in [5, 5.41) is 13.9. The fraction of sp³-hybridized carbons (Fsp3) is 0.0526. The van der Waals surface area contributed by atoms with Crippen molar-refractivity contribution in [3.8, 4) is 0 Å².